The first-order valence-electron chi connectivity index (χ1n) is 3.94. The Morgan fingerprint density at radius 1 is 1.69 bits per heavy atom. The number of allylic oxidation sites excluding steroid dienone is 1. The van der Waals surface area contributed by atoms with Crippen molar-refractivity contribution in [2.45, 2.75) is 13.3 Å². The van der Waals surface area contributed by atoms with E-state index in [0.717, 1.165) is 6.26 Å². The molecule has 2 atom stereocenters. The Bertz CT molecular complexity index is 346. The van der Waals surface area contributed by atoms with Crippen LogP contribution in [0.3, 0.4) is 0 Å². The van der Waals surface area contributed by atoms with Gasteiger partial charge >= 0.3 is 0 Å². The van der Waals surface area contributed by atoms with Crippen LogP contribution in [-0.4, -0.2) is 20.6 Å². The molecule has 0 saturated heterocycles. The van der Waals surface area contributed by atoms with E-state index in [4.69, 9.17) is 0 Å². The Morgan fingerprint density at radius 2 is 2.23 bits per heavy atom. The fourth-order valence-corrected chi connectivity index (χ4v) is 1.86. The maximum Gasteiger partial charge on any atom is 0.239 e. The number of hydrogen-bond donors (Lipinski definition) is 1. The molecule has 0 aromatic carbocycles. The van der Waals surface area contributed by atoms with Crippen LogP contribution in [-0.2, 0) is 14.8 Å². The topological polar surface area (TPSA) is 63.2 Å². The molecule has 1 fully saturated rings. The third-order valence-corrected chi connectivity index (χ3v) is 2.94. The van der Waals surface area contributed by atoms with Crippen molar-refractivity contribution in [3.63, 3.8) is 0 Å². The van der Waals surface area contributed by atoms with Crippen LogP contribution in [0.2, 0.25) is 0 Å². The summed E-state index contributed by atoms with van der Waals surface area (Å²) in [6.07, 6.45) is 3.33. The Balaban J connectivity index is 2.66. The first-order valence-corrected chi connectivity index (χ1v) is 5.83. The van der Waals surface area contributed by atoms with Crippen LogP contribution in [0.1, 0.15) is 13.3 Å². The van der Waals surface area contributed by atoms with Gasteiger partial charge in [0.15, 0.2) is 0 Å². The van der Waals surface area contributed by atoms with E-state index in [-0.39, 0.29) is 5.92 Å². The molecule has 1 aliphatic carbocycles. The molecule has 0 heterocycles. The van der Waals surface area contributed by atoms with E-state index in [0.29, 0.717) is 6.42 Å². The van der Waals surface area contributed by atoms with Crippen LogP contribution >= 0.6 is 0 Å². The quantitative estimate of drug-likeness (QED) is 0.670. The van der Waals surface area contributed by atoms with Gasteiger partial charge in [0.2, 0.25) is 15.9 Å². The summed E-state index contributed by atoms with van der Waals surface area (Å²) in [5, 5.41) is 0. The zero-order valence-corrected chi connectivity index (χ0v) is 8.52. The van der Waals surface area contributed by atoms with E-state index < -0.39 is 21.3 Å². The van der Waals surface area contributed by atoms with Gasteiger partial charge in [0.1, 0.15) is 0 Å². The molecular formula is C8H13NO3S. The summed E-state index contributed by atoms with van der Waals surface area (Å²) in [4.78, 5) is 11.4. The molecule has 1 N–H and O–H groups in total. The summed E-state index contributed by atoms with van der Waals surface area (Å²) < 4.78 is 23.5. The highest BCUT2D eigenvalue weighted by Crippen LogP contribution is 2.52. The minimum atomic E-state index is -3.43. The maximum absolute atomic E-state index is 11.4. The summed E-state index contributed by atoms with van der Waals surface area (Å²) in [5.41, 5.74) is -0.565. The summed E-state index contributed by atoms with van der Waals surface area (Å²) in [7, 11) is -3.43. The number of sulfonamides is 1. The summed E-state index contributed by atoms with van der Waals surface area (Å²) in [6, 6.07) is 0. The van der Waals surface area contributed by atoms with E-state index in [1.807, 2.05) is 4.72 Å². The van der Waals surface area contributed by atoms with Gasteiger partial charge in [0.05, 0.1) is 11.7 Å². The van der Waals surface area contributed by atoms with Crippen molar-refractivity contribution in [3.8, 4) is 0 Å². The average Bonchev–Trinajstić information content (AvgIpc) is 2.60. The molecule has 1 aliphatic rings. The second-order valence-corrected chi connectivity index (χ2v) is 5.42. The molecule has 4 nitrogen and oxygen atoms in total. The van der Waals surface area contributed by atoms with Gasteiger partial charge in [-0.05, 0) is 12.3 Å². The molecular weight excluding hydrogens is 190 g/mol. The van der Waals surface area contributed by atoms with Crippen molar-refractivity contribution in [3.05, 3.63) is 12.7 Å². The van der Waals surface area contributed by atoms with Crippen molar-refractivity contribution in [2.24, 2.45) is 11.3 Å². The Hall–Kier alpha value is -0.840. The van der Waals surface area contributed by atoms with Gasteiger partial charge in [-0.2, -0.15) is 0 Å². The van der Waals surface area contributed by atoms with Gasteiger partial charge in [-0.15, -0.1) is 6.58 Å². The molecule has 13 heavy (non-hydrogen) atoms. The smallest absolute Gasteiger partial charge is 0.239 e. The predicted octanol–water partition coefficient (Wildman–Crippen LogP) is 0.274. The largest absolute Gasteiger partial charge is 0.273 e. The molecule has 1 saturated carbocycles. The monoisotopic (exact) mass is 203 g/mol. The van der Waals surface area contributed by atoms with Crippen LogP contribution in [0.15, 0.2) is 12.7 Å². The van der Waals surface area contributed by atoms with Crippen LogP contribution < -0.4 is 4.72 Å². The molecule has 0 aromatic rings. The van der Waals surface area contributed by atoms with Gasteiger partial charge in [-0.25, -0.2) is 8.42 Å². The number of carbonyl (C=O) groups is 1. The molecule has 0 aliphatic heterocycles. The zero-order valence-electron chi connectivity index (χ0n) is 7.70. The Morgan fingerprint density at radius 3 is 2.54 bits per heavy atom. The van der Waals surface area contributed by atoms with E-state index >= 15 is 0 Å². The van der Waals surface area contributed by atoms with Crippen molar-refractivity contribution in [1.82, 2.24) is 4.72 Å². The third-order valence-electron chi connectivity index (χ3n) is 2.38. The standard InChI is InChI=1S/C8H13NO3S/c1-4-6-5-8(6,2)7(10)9-13(3,11)12/h4,6H,1,5H2,2-3H3,(H,9,10)/t6-,8+/m1/s1. The van der Waals surface area contributed by atoms with Gasteiger partial charge in [-0.3, -0.25) is 9.52 Å². The lowest BCUT2D eigenvalue weighted by atomic mass is 10.1. The Kier molecular flexibility index (Phi) is 2.23. The molecule has 0 aromatic heterocycles. The molecule has 1 rings (SSSR count). The minimum absolute atomic E-state index is 0.106. The Labute approximate surface area is 78.1 Å². The highest BCUT2D eigenvalue weighted by atomic mass is 32.2. The van der Waals surface area contributed by atoms with Crippen LogP contribution in [0, 0.1) is 11.3 Å². The molecule has 1 amide bonds. The first kappa shape index (κ1) is 10.2. The second-order valence-electron chi connectivity index (χ2n) is 3.67. The van der Waals surface area contributed by atoms with E-state index in [9.17, 15) is 13.2 Å². The van der Waals surface area contributed by atoms with Crippen molar-refractivity contribution in [2.75, 3.05) is 6.26 Å². The van der Waals surface area contributed by atoms with E-state index in [1.165, 1.54) is 0 Å². The van der Waals surface area contributed by atoms with Gasteiger partial charge in [0, 0.05) is 0 Å². The van der Waals surface area contributed by atoms with Gasteiger partial charge < -0.3 is 0 Å². The summed E-state index contributed by atoms with van der Waals surface area (Å²) in [5.74, 6) is -0.325. The zero-order chi connectivity index (χ0) is 10.3. The summed E-state index contributed by atoms with van der Waals surface area (Å²) >= 11 is 0. The number of amides is 1. The third kappa shape index (κ3) is 2.09. The van der Waals surface area contributed by atoms with Crippen LogP contribution in [0.4, 0.5) is 0 Å². The normalized spacial score (nSPS) is 32.3. The fraction of sp³-hybridized carbons (Fsp3) is 0.625. The number of carbonyl (C=O) groups excluding carboxylic acids is 1. The lowest BCUT2D eigenvalue weighted by molar-refractivity contribution is -0.124. The SMILES string of the molecule is C=C[C@@H]1C[C@]1(C)C(=O)NS(C)(=O)=O. The van der Waals surface area contributed by atoms with Crippen LogP contribution in [0.5, 0.6) is 0 Å². The highest BCUT2D eigenvalue weighted by molar-refractivity contribution is 7.89. The maximum atomic E-state index is 11.4. The highest BCUT2D eigenvalue weighted by Gasteiger charge is 2.54. The van der Waals surface area contributed by atoms with Gasteiger partial charge in [0.25, 0.3) is 0 Å². The summed E-state index contributed by atoms with van der Waals surface area (Å²) in [6.45, 7) is 5.30. The first-order chi connectivity index (χ1) is 5.79. The lowest BCUT2D eigenvalue weighted by Crippen LogP contribution is -2.35. The van der Waals surface area contributed by atoms with Gasteiger partial charge in [-0.1, -0.05) is 13.0 Å². The molecule has 5 heteroatoms. The van der Waals surface area contributed by atoms with E-state index in [1.54, 1.807) is 13.0 Å². The number of hydrogen-bond acceptors (Lipinski definition) is 3. The fourth-order valence-electron chi connectivity index (χ4n) is 1.29. The number of rotatable bonds is 3. The lowest BCUT2D eigenvalue weighted by Gasteiger charge is -2.08. The molecule has 0 unspecified atom stereocenters. The number of nitrogens with one attached hydrogen (secondary N) is 1. The molecule has 0 spiro atoms. The average molecular weight is 203 g/mol. The minimum Gasteiger partial charge on any atom is -0.273 e. The second kappa shape index (κ2) is 2.83. The van der Waals surface area contributed by atoms with Crippen LogP contribution in [0.25, 0.3) is 0 Å². The predicted molar refractivity (Wildman–Crippen MR) is 49.4 cm³/mol. The molecule has 74 valence electrons. The molecule has 0 radical (unpaired) electrons. The van der Waals surface area contributed by atoms with Crippen molar-refractivity contribution < 1.29 is 13.2 Å². The molecule has 0 bridgehead atoms. The van der Waals surface area contributed by atoms with Crippen molar-refractivity contribution in [1.29, 1.82) is 0 Å². The van der Waals surface area contributed by atoms with Crippen molar-refractivity contribution >= 4 is 15.9 Å². The van der Waals surface area contributed by atoms with E-state index in [2.05, 4.69) is 6.58 Å².